The summed E-state index contributed by atoms with van der Waals surface area (Å²) in [5.74, 6) is 1.05. The largest absolute Gasteiger partial charge is 0.339 e. The summed E-state index contributed by atoms with van der Waals surface area (Å²) in [6.07, 6.45) is 3.32. The molecule has 0 rings (SSSR count). The maximum absolute atomic E-state index is 11.9. The molecule has 16 heavy (non-hydrogen) atoms. The van der Waals surface area contributed by atoms with Crippen molar-refractivity contribution in [2.24, 2.45) is 11.8 Å². The Morgan fingerprint density at radius 2 is 1.56 bits per heavy atom. The summed E-state index contributed by atoms with van der Waals surface area (Å²) < 4.78 is 0. The molecular formula is C13H24ClNO. The van der Waals surface area contributed by atoms with Gasteiger partial charge in [-0.1, -0.05) is 33.8 Å². The molecule has 0 heterocycles. The minimum absolute atomic E-state index is 0.0647. The smallest absolute Gasteiger partial charge is 0.246 e. The third-order valence-corrected chi connectivity index (χ3v) is 2.13. The molecule has 1 atom stereocenters. The number of nitrogens with zero attached hydrogens (tertiary/aromatic N) is 1. The van der Waals surface area contributed by atoms with Crippen LogP contribution in [0.2, 0.25) is 0 Å². The predicted octanol–water partition coefficient (Wildman–Crippen LogP) is 3.31. The van der Waals surface area contributed by atoms with Gasteiger partial charge >= 0.3 is 0 Å². The van der Waals surface area contributed by atoms with Crippen LogP contribution in [0.25, 0.3) is 0 Å². The van der Waals surface area contributed by atoms with Crippen molar-refractivity contribution in [3.63, 3.8) is 0 Å². The predicted molar refractivity (Wildman–Crippen MR) is 70.7 cm³/mol. The Morgan fingerprint density at radius 1 is 1.12 bits per heavy atom. The second kappa shape index (κ2) is 7.72. The summed E-state index contributed by atoms with van der Waals surface area (Å²) >= 11 is 5.78. The molecule has 0 spiro atoms. The van der Waals surface area contributed by atoms with Crippen molar-refractivity contribution in [2.45, 2.75) is 40.0 Å². The van der Waals surface area contributed by atoms with Crippen molar-refractivity contribution >= 4 is 17.5 Å². The molecule has 2 nitrogen and oxygen atoms in total. The van der Waals surface area contributed by atoms with Crippen LogP contribution >= 0.6 is 11.6 Å². The van der Waals surface area contributed by atoms with Gasteiger partial charge in [0.1, 0.15) is 0 Å². The lowest BCUT2D eigenvalue weighted by atomic mass is 10.1. The maximum Gasteiger partial charge on any atom is 0.246 e. The summed E-state index contributed by atoms with van der Waals surface area (Å²) in [6, 6.07) is 0. The first kappa shape index (κ1) is 15.5. The molecule has 0 N–H and O–H groups in total. The highest BCUT2D eigenvalue weighted by Crippen LogP contribution is 2.05. The van der Waals surface area contributed by atoms with Crippen LogP contribution in [0.5, 0.6) is 0 Å². The van der Waals surface area contributed by atoms with Gasteiger partial charge < -0.3 is 4.90 Å². The fraction of sp³-hybridized carbons (Fsp3) is 0.769. The topological polar surface area (TPSA) is 20.3 Å². The lowest BCUT2D eigenvalue weighted by molar-refractivity contribution is -0.127. The van der Waals surface area contributed by atoms with Gasteiger partial charge in [-0.3, -0.25) is 4.79 Å². The number of allylic oxidation sites excluding steroid dienone is 1. The van der Waals surface area contributed by atoms with Gasteiger partial charge in [0.05, 0.1) is 0 Å². The normalized spacial score (nSPS) is 13.8. The fourth-order valence-corrected chi connectivity index (χ4v) is 1.53. The van der Waals surface area contributed by atoms with Crippen molar-refractivity contribution < 1.29 is 4.79 Å². The Kier molecular flexibility index (Phi) is 7.48. The minimum Gasteiger partial charge on any atom is -0.339 e. The molecule has 3 heteroatoms. The number of rotatable bonds is 6. The van der Waals surface area contributed by atoms with E-state index in [4.69, 9.17) is 11.6 Å². The van der Waals surface area contributed by atoms with E-state index in [0.29, 0.717) is 11.8 Å². The fourth-order valence-electron chi connectivity index (χ4n) is 1.46. The molecule has 0 aromatic rings. The SMILES string of the molecule is CC(Cl)C=CC(=O)N(CC(C)C)CC(C)C. The number of carbonyl (C=O) groups excluding carboxylic acids is 1. The molecule has 1 amide bonds. The van der Waals surface area contributed by atoms with Crippen LogP contribution in [0, 0.1) is 11.8 Å². The zero-order valence-electron chi connectivity index (χ0n) is 11.0. The standard InChI is InChI=1S/C13H24ClNO/c1-10(2)8-15(9-11(3)4)13(16)7-6-12(5)14/h6-7,10-12H,8-9H2,1-5H3. The summed E-state index contributed by atoms with van der Waals surface area (Å²) in [5, 5.41) is -0.0936. The molecule has 0 aromatic carbocycles. The van der Waals surface area contributed by atoms with Crippen LogP contribution in [0.1, 0.15) is 34.6 Å². The van der Waals surface area contributed by atoms with Crippen LogP contribution in [0.15, 0.2) is 12.2 Å². The van der Waals surface area contributed by atoms with Gasteiger partial charge in [0.15, 0.2) is 0 Å². The molecule has 94 valence electrons. The van der Waals surface area contributed by atoms with Gasteiger partial charge in [0.2, 0.25) is 5.91 Å². The average molecular weight is 246 g/mol. The highest BCUT2D eigenvalue weighted by molar-refractivity contribution is 6.21. The zero-order valence-corrected chi connectivity index (χ0v) is 11.8. The molecule has 0 aliphatic rings. The van der Waals surface area contributed by atoms with Gasteiger partial charge in [-0.25, -0.2) is 0 Å². The molecule has 0 fully saturated rings. The molecule has 1 unspecified atom stereocenters. The first-order chi connectivity index (χ1) is 7.32. The van der Waals surface area contributed by atoms with E-state index in [1.165, 1.54) is 0 Å². The van der Waals surface area contributed by atoms with E-state index in [1.807, 2.05) is 11.8 Å². The van der Waals surface area contributed by atoms with E-state index in [1.54, 1.807) is 12.2 Å². The van der Waals surface area contributed by atoms with Crippen molar-refractivity contribution in [3.05, 3.63) is 12.2 Å². The number of amides is 1. The Bertz CT molecular complexity index is 224. The Morgan fingerprint density at radius 3 is 1.88 bits per heavy atom. The Balaban J connectivity index is 4.43. The van der Waals surface area contributed by atoms with Crippen molar-refractivity contribution in [3.8, 4) is 0 Å². The highest BCUT2D eigenvalue weighted by atomic mass is 35.5. The average Bonchev–Trinajstić information content (AvgIpc) is 2.11. The molecule has 0 radical (unpaired) electrons. The van der Waals surface area contributed by atoms with Crippen molar-refractivity contribution in [1.29, 1.82) is 0 Å². The molecule has 0 saturated carbocycles. The summed E-state index contributed by atoms with van der Waals surface area (Å²) in [4.78, 5) is 13.8. The van der Waals surface area contributed by atoms with E-state index in [-0.39, 0.29) is 11.3 Å². The van der Waals surface area contributed by atoms with E-state index in [0.717, 1.165) is 13.1 Å². The van der Waals surface area contributed by atoms with Gasteiger partial charge in [-0.05, 0) is 18.8 Å². The number of hydrogen-bond donors (Lipinski definition) is 0. The lowest BCUT2D eigenvalue weighted by Gasteiger charge is -2.25. The van der Waals surface area contributed by atoms with E-state index < -0.39 is 0 Å². The van der Waals surface area contributed by atoms with Crippen molar-refractivity contribution in [1.82, 2.24) is 4.90 Å². The van der Waals surface area contributed by atoms with Gasteiger partial charge in [-0.2, -0.15) is 0 Å². The molecule has 0 aliphatic carbocycles. The van der Waals surface area contributed by atoms with Crippen LogP contribution in [-0.4, -0.2) is 29.3 Å². The van der Waals surface area contributed by atoms with Crippen LogP contribution in [0.4, 0.5) is 0 Å². The maximum atomic E-state index is 11.9. The third-order valence-electron chi connectivity index (χ3n) is 1.99. The molecular weight excluding hydrogens is 222 g/mol. The van der Waals surface area contributed by atoms with E-state index in [9.17, 15) is 4.79 Å². The summed E-state index contributed by atoms with van der Waals surface area (Å²) in [6.45, 7) is 11.9. The van der Waals surface area contributed by atoms with Gasteiger partial charge in [0.25, 0.3) is 0 Å². The monoisotopic (exact) mass is 245 g/mol. The summed E-state index contributed by atoms with van der Waals surface area (Å²) in [7, 11) is 0. The van der Waals surface area contributed by atoms with Crippen LogP contribution in [0.3, 0.4) is 0 Å². The molecule has 0 saturated heterocycles. The van der Waals surface area contributed by atoms with E-state index >= 15 is 0 Å². The van der Waals surface area contributed by atoms with Crippen LogP contribution < -0.4 is 0 Å². The lowest BCUT2D eigenvalue weighted by Crippen LogP contribution is -2.35. The number of hydrogen-bond acceptors (Lipinski definition) is 1. The number of alkyl halides is 1. The van der Waals surface area contributed by atoms with Gasteiger partial charge in [0, 0.05) is 24.5 Å². The van der Waals surface area contributed by atoms with Crippen molar-refractivity contribution in [2.75, 3.05) is 13.1 Å². The number of carbonyl (C=O) groups is 1. The third kappa shape index (κ3) is 7.75. The second-order valence-electron chi connectivity index (χ2n) is 5.07. The second-order valence-corrected chi connectivity index (χ2v) is 5.76. The Labute approximate surface area is 105 Å². The molecule has 0 aliphatic heterocycles. The first-order valence-electron chi connectivity index (χ1n) is 5.94. The highest BCUT2D eigenvalue weighted by Gasteiger charge is 2.13. The summed E-state index contributed by atoms with van der Waals surface area (Å²) in [5.41, 5.74) is 0. The molecule has 0 bridgehead atoms. The van der Waals surface area contributed by atoms with Gasteiger partial charge in [-0.15, -0.1) is 11.6 Å². The van der Waals surface area contributed by atoms with E-state index in [2.05, 4.69) is 27.7 Å². The quantitative estimate of drug-likeness (QED) is 0.519. The van der Waals surface area contributed by atoms with Crippen LogP contribution in [-0.2, 0) is 4.79 Å². The molecule has 0 aromatic heterocycles. The Hall–Kier alpha value is -0.500. The zero-order chi connectivity index (χ0) is 12.7. The first-order valence-corrected chi connectivity index (χ1v) is 6.37. The number of halogens is 1. The minimum atomic E-state index is -0.0936.